The molecule has 3 aromatic rings. The molecule has 0 aromatic heterocycles. The van der Waals surface area contributed by atoms with Crippen LogP contribution in [0.25, 0.3) is 11.1 Å². The van der Waals surface area contributed by atoms with Crippen LogP contribution in [0.3, 0.4) is 0 Å². The molecule has 2 fully saturated rings. The van der Waals surface area contributed by atoms with Crippen LogP contribution in [0.4, 0.5) is 0 Å². The third-order valence-electron chi connectivity index (χ3n) is 8.30. The Morgan fingerprint density at radius 3 is 2.50 bits per heavy atom. The summed E-state index contributed by atoms with van der Waals surface area (Å²) in [4.78, 5) is 13.8. The second kappa shape index (κ2) is 9.54. The van der Waals surface area contributed by atoms with Gasteiger partial charge >= 0.3 is 0 Å². The van der Waals surface area contributed by atoms with Crippen LogP contribution < -0.4 is 9.47 Å². The third kappa shape index (κ3) is 4.52. The predicted molar refractivity (Wildman–Crippen MR) is 146 cm³/mol. The average molecular weight is 532 g/mol. The maximum atomic E-state index is 13.5. The summed E-state index contributed by atoms with van der Waals surface area (Å²) in [5, 5.41) is 0. The van der Waals surface area contributed by atoms with Crippen molar-refractivity contribution in [1.82, 2.24) is 4.31 Å². The van der Waals surface area contributed by atoms with E-state index in [-0.39, 0.29) is 12.6 Å². The van der Waals surface area contributed by atoms with E-state index < -0.39 is 15.4 Å². The molecule has 0 radical (unpaired) electrons. The highest BCUT2D eigenvalue weighted by Crippen LogP contribution is 2.51. The second-order valence-corrected chi connectivity index (χ2v) is 13.0. The number of benzene rings is 3. The van der Waals surface area contributed by atoms with Crippen molar-refractivity contribution in [2.45, 2.75) is 56.3 Å². The SMILES string of the molecule is Cc1ccc(CC(=O)C2(c3ccc4c(c3)OCO4)CC2)cc1-c1ccc(S(=O)(=O)N2CCCC(C)C2)cc1. The first-order valence-corrected chi connectivity index (χ1v) is 14.8. The summed E-state index contributed by atoms with van der Waals surface area (Å²) in [6.45, 7) is 5.52. The van der Waals surface area contributed by atoms with Crippen LogP contribution in [-0.4, -0.2) is 38.4 Å². The van der Waals surface area contributed by atoms with Gasteiger partial charge in [0.2, 0.25) is 16.8 Å². The maximum Gasteiger partial charge on any atom is 0.243 e. The largest absolute Gasteiger partial charge is 0.454 e. The fourth-order valence-electron chi connectivity index (χ4n) is 5.81. The number of carbonyl (C=O) groups is 1. The smallest absolute Gasteiger partial charge is 0.243 e. The number of piperidine rings is 1. The first kappa shape index (κ1) is 25.1. The lowest BCUT2D eigenvalue weighted by molar-refractivity contribution is -0.120. The van der Waals surface area contributed by atoms with Gasteiger partial charge in [-0.2, -0.15) is 4.31 Å². The Morgan fingerprint density at radius 1 is 1.00 bits per heavy atom. The summed E-state index contributed by atoms with van der Waals surface area (Å²) in [6, 6.07) is 19.1. The Balaban J connectivity index is 1.21. The zero-order chi connectivity index (χ0) is 26.5. The maximum absolute atomic E-state index is 13.5. The lowest BCUT2D eigenvalue weighted by Crippen LogP contribution is -2.39. The van der Waals surface area contributed by atoms with Gasteiger partial charge in [0.05, 0.1) is 10.3 Å². The quantitative estimate of drug-likeness (QED) is 0.394. The lowest BCUT2D eigenvalue weighted by Gasteiger charge is -2.30. The number of aryl methyl sites for hydroxylation is 1. The van der Waals surface area contributed by atoms with Gasteiger partial charge in [0, 0.05) is 19.5 Å². The molecular formula is C31H33NO5S. The summed E-state index contributed by atoms with van der Waals surface area (Å²) in [7, 11) is -3.50. The number of hydrogen-bond donors (Lipinski definition) is 0. The van der Waals surface area contributed by atoms with Crippen LogP contribution in [0.1, 0.15) is 49.3 Å². The molecule has 1 saturated carbocycles. The van der Waals surface area contributed by atoms with Crippen LogP contribution in [-0.2, 0) is 26.7 Å². The Hall–Kier alpha value is -3.16. The van der Waals surface area contributed by atoms with E-state index >= 15 is 0 Å². The summed E-state index contributed by atoms with van der Waals surface area (Å²) in [6.07, 6.45) is 4.01. The van der Waals surface area contributed by atoms with Crippen molar-refractivity contribution >= 4 is 15.8 Å². The van der Waals surface area contributed by atoms with Gasteiger partial charge in [-0.3, -0.25) is 4.79 Å². The molecule has 38 heavy (non-hydrogen) atoms. The molecule has 6 nitrogen and oxygen atoms in total. The van der Waals surface area contributed by atoms with E-state index in [9.17, 15) is 13.2 Å². The van der Waals surface area contributed by atoms with Gasteiger partial charge in [-0.1, -0.05) is 43.3 Å². The third-order valence-corrected chi connectivity index (χ3v) is 10.2. The van der Waals surface area contributed by atoms with E-state index in [4.69, 9.17) is 9.47 Å². The molecule has 1 aliphatic carbocycles. The Labute approximate surface area is 224 Å². The van der Waals surface area contributed by atoms with Crippen LogP contribution in [0.2, 0.25) is 0 Å². The van der Waals surface area contributed by atoms with Gasteiger partial charge in [-0.05, 0) is 90.6 Å². The second-order valence-electron chi connectivity index (χ2n) is 11.0. The van der Waals surface area contributed by atoms with E-state index in [1.165, 1.54) is 0 Å². The van der Waals surface area contributed by atoms with Crippen molar-refractivity contribution < 1.29 is 22.7 Å². The molecule has 6 rings (SSSR count). The Morgan fingerprint density at radius 2 is 1.76 bits per heavy atom. The number of ether oxygens (including phenoxy) is 2. The monoisotopic (exact) mass is 531 g/mol. The summed E-state index contributed by atoms with van der Waals surface area (Å²) in [5.74, 6) is 2.03. The van der Waals surface area contributed by atoms with Crippen molar-refractivity contribution in [3.05, 3.63) is 77.4 Å². The molecule has 3 aromatic carbocycles. The molecule has 0 amide bonds. The minimum absolute atomic E-state index is 0.211. The fourth-order valence-corrected chi connectivity index (χ4v) is 7.41. The van der Waals surface area contributed by atoms with E-state index in [0.717, 1.165) is 59.3 Å². The number of ketones is 1. The molecule has 0 spiro atoms. The lowest BCUT2D eigenvalue weighted by atomic mass is 9.87. The van der Waals surface area contributed by atoms with Gasteiger partial charge in [0.1, 0.15) is 5.78 Å². The summed E-state index contributed by atoms with van der Waals surface area (Å²) in [5.41, 5.74) is 4.55. The first-order valence-electron chi connectivity index (χ1n) is 13.4. The van der Waals surface area contributed by atoms with Crippen LogP contribution in [0.15, 0.2) is 65.6 Å². The van der Waals surface area contributed by atoms with Crippen molar-refractivity contribution in [3.63, 3.8) is 0 Å². The van der Waals surface area contributed by atoms with Gasteiger partial charge < -0.3 is 9.47 Å². The normalized spacial score (nSPS) is 20.3. The first-order chi connectivity index (χ1) is 18.3. The van der Waals surface area contributed by atoms with E-state index in [1.807, 2.05) is 49.4 Å². The number of hydrogen-bond acceptors (Lipinski definition) is 5. The molecule has 3 aliphatic rings. The van der Waals surface area contributed by atoms with Gasteiger partial charge in [-0.15, -0.1) is 0 Å². The van der Waals surface area contributed by atoms with Crippen LogP contribution in [0.5, 0.6) is 11.5 Å². The molecule has 2 heterocycles. The standard InChI is InChI=1S/C31H33NO5S/c1-21-4-3-15-32(19-21)38(34,35)26-10-7-24(8-11-26)27-16-23(6-5-22(27)2)17-30(33)31(13-14-31)25-9-12-28-29(18-25)37-20-36-28/h5-12,16,18,21H,3-4,13-15,17,19-20H2,1-2H3. The number of nitrogens with zero attached hydrogens (tertiary/aromatic N) is 1. The van der Waals surface area contributed by atoms with Crippen molar-refractivity contribution in [2.75, 3.05) is 19.9 Å². The molecule has 7 heteroatoms. The highest BCUT2D eigenvalue weighted by Gasteiger charge is 2.50. The average Bonchev–Trinajstić information content (AvgIpc) is 3.60. The van der Waals surface area contributed by atoms with Gasteiger partial charge in [0.25, 0.3) is 0 Å². The fraction of sp³-hybridized carbons (Fsp3) is 0.387. The predicted octanol–water partition coefficient (Wildman–Crippen LogP) is 5.65. The van der Waals surface area contributed by atoms with E-state index in [2.05, 4.69) is 13.0 Å². The zero-order valence-electron chi connectivity index (χ0n) is 21.9. The Bertz CT molecular complexity index is 1490. The molecular weight excluding hydrogens is 498 g/mol. The topological polar surface area (TPSA) is 72.9 Å². The van der Waals surface area contributed by atoms with Gasteiger partial charge in [-0.25, -0.2) is 8.42 Å². The molecule has 0 N–H and O–H groups in total. The summed E-state index contributed by atoms with van der Waals surface area (Å²) < 4.78 is 38.9. The number of sulfonamides is 1. The molecule has 198 valence electrons. The highest BCUT2D eigenvalue weighted by atomic mass is 32.2. The molecule has 1 atom stereocenters. The summed E-state index contributed by atoms with van der Waals surface area (Å²) >= 11 is 0. The molecule has 1 unspecified atom stereocenters. The van der Waals surface area contributed by atoms with E-state index in [1.54, 1.807) is 16.4 Å². The van der Waals surface area contributed by atoms with Crippen molar-refractivity contribution in [1.29, 1.82) is 0 Å². The Kier molecular flexibility index (Phi) is 6.31. The minimum atomic E-state index is -3.50. The zero-order valence-corrected chi connectivity index (χ0v) is 22.7. The number of Topliss-reactive ketones (excluding diaryl/α,β-unsaturated/α-hetero) is 1. The van der Waals surface area contributed by atoms with Crippen molar-refractivity contribution in [2.24, 2.45) is 5.92 Å². The van der Waals surface area contributed by atoms with Crippen LogP contribution >= 0.6 is 0 Å². The van der Waals surface area contributed by atoms with Crippen molar-refractivity contribution in [3.8, 4) is 22.6 Å². The molecule has 2 aliphatic heterocycles. The number of carbonyl (C=O) groups excluding carboxylic acids is 1. The molecule has 1 saturated heterocycles. The van der Waals surface area contributed by atoms with Gasteiger partial charge in [0.15, 0.2) is 11.5 Å². The molecule has 0 bridgehead atoms. The minimum Gasteiger partial charge on any atom is -0.454 e. The number of fused-ring (bicyclic) bond motifs is 1. The highest BCUT2D eigenvalue weighted by molar-refractivity contribution is 7.89. The van der Waals surface area contributed by atoms with E-state index in [0.29, 0.717) is 36.1 Å². The van der Waals surface area contributed by atoms with Crippen LogP contribution in [0, 0.1) is 12.8 Å². The number of rotatable bonds is 7.